The molecule has 0 radical (unpaired) electrons. The molecule has 0 bridgehead atoms. The van der Waals surface area contributed by atoms with Crippen LogP contribution in [0.2, 0.25) is 0 Å². The lowest BCUT2D eigenvalue weighted by atomic mass is 9.69. The Morgan fingerprint density at radius 2 is 0.875 bits per heavy atom. The van der Waals surface area contributed by atoms with Crippen LogP contribution in [0.1, 0.15) is 103 Å². The number of carbonyl (C=O) groups excluding carboxylic acids is 4. The lowest BCUT2D eigenvalue weighted by Gasteiger charge is -2.38. The van der Waals surface area contributed by atoms with Gasteiger partial charge in [-0.1, -0.05) is 154 Å². The molecular formula is C60H50F3N11O10S4. The van der Waals surface area contributed by atoms with Crippen molar-refractivity contribution in [1.29, 1.82) is 0 Å². The summed E-state index contributed by atoms with van der Waals surface area (Å²) < 4.78 is 83.1. The lowest BCUT2D eigenvalue weighted by Crippen LogP contribution is -2.38. The number of halogens is 3. The average Bonchev–Trinajstić information content (AvgIpc) is 0.993. The van der Waals surface area contributed by atoms with Crippen LogP contribution in [0.25, 0.3) is 4.85 Å². The van der Waals surface area contributed by atoms with Gasteiger partial charge in [-0.15, -0.1) is 30.6 Å². The maximum Gasteiger partial charge on any atom is 0.534 e. The molecule has 450 valence electrons. The lowest BCUT2D eigenvalue weighted by molar-refractivity contribution is -0.125. The number of aromatic nitrogens is 6. The standard InChI is InChI=1S/C20H16F3N3O5S2.C20H18N4O3S.C20H16N4O2S/c1-19(2,17(27)25-18-26-24-10-32-18)16-12-5-3-4-6-14(12)30-15-9-11(7-8-13(15)16)31-33(28,29)20(21,22)23;1-20(2,18(26)23-19-24-22-10-28-19)16-12-5-3-4-6-14(12)27-15-9-11(17(21)25)7-8-13(15)16;1-20(2,18(25)23-19-24-22-11-27-19)17-13-6-4-5-7-15(13)26-16-10-12(21-3)8-9-14(16)17/h3-10,16H,1-2H3,(H,25,26,27);3-10,16H,1-2H3,(H2,21,25)(H,23,24,26);4-11,17H,1-2H3,(H,23,24,25). The van der Waals surface area contributed by atoms with Crippen LogP contribution in [-0.4, -0.2) is 68.1 Å². The highest BCUT2D eigenvalue weighted by Gasteiger charge is 2.50. The molecule has 12 rings (SSSR count). The summed E-state index contributed by atoms with van der Waals surface area (Å²) in [5.41, 5.74) is 7.30. The van der Waals surface area contributed by atoms with Crippen molar-refractivity contribution in [2.75, 3.05) is 16.0 Å². The third-order valence-corrected chi connectivity index (χ3v) is 17.6. The molecule has 0 saturated carbocycles. The zero-order valence-electron chi connectivity index (χ0n) is 47.1. The van der Waals surface area contributed by atoms with Crippen molar-refractivity contribution in [3.05, 3.63) is 194 Å². The number of nitrogens with two attached hydrogens (primary N) is 1. The van der Waals surface area contributed by atoms with Crippen molar-refractivity contribution < 1.29 is 59.2 Å². The fraction of sp³-hybridized carbons (Fsp3) is 0.217. The summed E-state index contributed by atoms with van der Waals surface area (Å²) in [6, 6.07) is 36.1. The molecule has 0 fully saturated rings. The predicted octanol–water partition coefficient (Wildman–Crippen LogP) is 13.2. The first-order valence-electron chi connectivity index (χ1n) is 26.4. The van der Waals surface area contributed by atoms with E-state index in [0.717, 1.165) is 45.7 Å². The molecule has 0 spiro atoms. The Bertz CT molecular complexity index is 4290. The second kappa shape index (κ2) is 24.2. The normalized spacial score (nSPS) is 15.3. The van der Waals surface area contributed by atoms with Crippen molar-refractivity contribution in [2.45, 2.75) is 64.8 Å². The summed E-state index contributed by atoms with van der Waals surface area (Å²) in [5, 5.41) is 32.5. The minimum absolute atomic E-state index is 0.0744. The molecule has 3 aliphatic rings. The van der Waals surface area contributed by atoms with E-state index < -0.39 is 49.4 Å². The van der Waals surface area contributed by atoms with Crippen LogP contribution in [0.5, 0.6) is 40.2 Å². The first-order chi connectivity index (χ1) is 41.8. The van der Waals surface area contributed by atoms with Gasteiger partial charge >= 0.3 is 15.6 Å². The largest absolute Gasteiger partial charge is 0.534 e. The van der Waals surface area contributed by atoms with E-state index in [4.69, 9.17) is 26.5 Å². The van der Waals surface area contributed by atoms with Crippen molar-refractivity contribution in [1.82, 2.24) is 30.6 Å². The van der Waals surface area contributed by atoms with Gasteiger partial charge < -0.3 is 40.1 Å². The fourth-order valence-electron chi connectivity index (χ4n) is 10.5. The number of alkyl halides is 3. The number of fused-ring (bicyclic) bond motifs is 6. The second-order valence-corrected chi connectivity index (χ2v) is 25.6. The van der Waals surface area contributed by atoms with Crippen LogP contribution in [0, 0.1) is 22.8 Å². The molecule has 6 heterocycles. The number of benzene rings is 6. The number of anilines is 3. The summed E-state index contributed by atoms with van der Waals surface area (Å²) in [6.07, 6.45) is 0. The number of rotatable bonds is 12. The number of nitrogens with zero attached hydrogens (tertiary/aromatic N) is 7. The molecule has 0 aliphatic carbocycles. The van der Waals surface area contributed by atoms with Crippen molar-refractivity contribution in [3.8, 4) is 40.2 Å². The summed E-state index contributed by atoms with van der Waals surface area (Å²) in [7, 11) is -5.85. The highest BCUT2D eigenvalue weighted by molar-refractivity contribution is 7.88. The number of ether oxygens (including phenoxy) is 3. The number of amides is 4. The molecule has 88 heavy (non-hydrogen) atoms. The first kappa shape index (κ1) is 61.4. The quantitative estimate of drug-likeness (QED) is 0.0502. The molecule has 3 aliphatic heterocycles. The van der Waals surface area contributed by atoms with Crippen LogP contribution in [-0.2, 0) is 24.5 Å². The van der Waals surface area contributed by atoms with Gasteiger partial charge in [-0.25, -0.2) is 4.85 Å². The van der Waals surface area contributed by atoms with E-state index in [1.165, 1.54) is 34.3 Å². The van der Waals surface area contributed by atoms with Crippen LogP contribution in [0.3, 0.4) is 0 Å². The molecule has 3 aromatic heterocycles. The van der Waals surface area contributed by atoms with Gasteiger partial charge in [0.2, 0.25) is 39.0 Å². The average molecular weight is 1270 g/mol. The van der Waals surface area contributed by atoms with Gasteiger partial charge in [0.1, 0.15) is 56.8 Å². The van der Waals surface area contributed by atoms with Gasteiger partial charge in [0.15, 0.2) is 5.69 Å². The van der Waals surface area contributed by atoms with E-state index in [9.17, 15) is 40.8 Å². The molecule has 28 heteroatoms. The topological polar surface area (TPSA) is 283 Å². The van der Waals surface area contributed by atoms with Crippen LogP contribution < -0.4 is 40.1 Å². The highest BCUT2D eigenvalue weighted by Crippen LogP contribution is 2.56. The van der Waals surface area contributed by atoms with Crippen molar-refractivity contribution in [3.63, 3.8) is 0 Å². The van der Waals surface area contributed by atoms with E-state index in [1.807, 2.05) is 82.3 Å². The molecule has 5 N–H and O–H groups in total. The Labute approximate surface area is 513 Å². The molecular weight excluding hydrogens is 1220 g/mol. The molecule has 9 aromatic rings. The minimum atomic E-state index is -5.85. The van der Waals surface area contributed by atoms with E-state index in [-0.39, 0.29) is 35.3 Å². The summed E-state index contributed by atoms with van der Waals surface area (Å²) in [5.74, 6) is 0.0338. The number of para-hydroxylation sites is 3. The summed E-state index contributed by atoms with van der Waals surface area (Å²) in [4.78, 5) is 54.5. The smallest absolute Gasteiger partial charge is 0.458 e. The fourth-order valence-corrected chi connectivity index (χ4v) is 12.2. The van der Waals surface area contributed by atoms with Crippen LogP contribution >= 0.6 is 34.0 Å². The maximum absolute atomic E-state index is 13.2. The van der Waals surface area contributed by atoms with Gasteiger partial charge in [0, 0.05) is 62.8 Å². The third-order valence-electron chi connectivity index (χ3n) is 14.8. The third kappa shape index (κ3) is 12.3. The monoisotopic (exact) mass is 1270 g/mol. The number of nitrogens with one attached hydrogen (secondary N) is 3. The maximum atomic E-state index is 13.2. The molecule has 0 saturated heterocycles. The molecule has 21 nitrogen and oxygen atoms in total. The van der Waals surface area contributed by atoms with E-state index in [2.05, 4.69) is 55.6 Å². The van der Waals surface area contributed by atoms with Crippen LogP contribution in [0.15, 0.2) is 144 Å². The zero-order valence-corrected chi connectivity index (χ0v) is 50.4. The predicted molar refractivity (Wildman–Crippen MR) is 322 cm³/mol. The molecule has 3 atom stereocenters. The minimum Gasteiger partial charge on any atom is -0.458 e. The van der Waals surface area contributed by atoms with Crippen molar-refractivity contribution in [2.24, 2.45) is 22.0 Å². The molecule has 6 aromatic carbocycles. The zero-order chi connectivity index (χ0) is 62.9. The second-order valence-electron chi connectivity index (χ2n) is 21.6. The first-order valence-corrected chi connectivity index (χ1v) is 30.5. The van der Waals surface area contributed by atoms with Gasteiger partial charge in [-0.3, -0.25) is 19.2 Å². The Morgan fingerprint density at radius 3 is 1.24 bits per heavy atom. The Balaban J connectivity index is 0.000000147. The Morgan fingerprint density at radius 1 is 0.523 bits per heavy atom. The number of primary amides is 1. The van der Waals surface area contributed by atoms with E-state index in [1.54, 1.807) is 79.5 Å². The molecule has 3 unspecified atom stereocenters. The molecule has 4 amide bonds. The highest BCUT2D eigenvalue weighted by atomic mass is 32.2. The van der Waals surface area contributed by atoms with Gasteiger partial charge in [0.25, 0.3) is 0 Å². The Hall–Kier alpha value is -9.69. The van der Waals surface area contributed by atoms with Gasteiger partial charge in [0.05, 0.1) is 22.8 Å². The van der Waals surface area contributed by atoms with E-state index >= 15 is 0 Å². The van der Waals surface area contributed by atoms with Gasteiger partial charge in [-0.2, -0.15) is 21.6 Å². The summed E-state index contributed by atoms with van der Waals surface area (Å²) in [6.45, 7) is 18.2. The number of hydrogen-bond acceptors (Lipinski definition) is 19. The summed E-state index contributed by atoms with van der Waals surface area (Å²) >= 11 is 3.69. The number of carbonyl (C=O) groups is 4. The van der Waals surface area contributed by atoms with Gasteiger partial charge in [-0.05, 0) is 42.5 Å². The van der Waals surface area contributed by atoms with Crippen molar-refractivity contribution >= 4 is 88.8 Å². The van der Waals surface area contributed by atoms with Crippen LogP contribution in [0.4, 0.5) is 34.3 Å². The van der Waals surface area contributed by atoms with E-state index in [0.29, 0.717) is 66.5 Å². The number of hydrogen-bond donors (Lipinski definition) is 4. The SMILES string of the molecule is CC(C)(C(=O)Nc1nncs1)C1c2ccccc2Oc2cc(C(N)=O)ccc21.CC(C)(C(=O)Nc1nncs1)C1c2ccccc2Oc2cc(OS(=O)(=O)C(F)(F)F)ccc21.[C-]#[N+]c1ccc2c(c1)Oc1ccccc1C2C(C)(C)C(=O)Nc1nncs1. The Kier molecular flexibility index (Phi) is 16.9.